The average molecular weight is 371 g/mol. The highest BCUT2D eigenvalue weighted by atomic mass is 79.9. The minimum absolute atomic E-state index is 0.155. The van der Waals surface area contributed by atoms with Crippen molar-refractivity contribution in [3.05, 3.63) is 33.6 Å². The maximum Gasteiger partial charge on any atom is 0.292 e. The molecule has 0 atom stereocenters. The molecule has 21 heavy (non-hydrogen) atoms. The van der Waals surface area contributed by atoms with Crippen LogP contribution < -0.4 is 4.90 Å². The first-order valence-corrected chi connectivity index (χ1v) is 8.17. The Hall–Kier alpha value is -1.02. The van der Waals surface area contributed by atoms with E-state index in [-0.39, 0.29) is 6.10 Å². The lowest BCUT2D eigenvalue weighted by atomic mass is 10.1. The van der Waals surface area contributed by atoms with Gasteiger partial charge in [-0.25, -0.2) is 0 Å². The lowest BCUT2D eigenvalue weighted by Gasteiger charge is -2.25. The minimum Gasteiger partial charge on any atom is -0.409 e. The molecule has 1 aromatic heterocycles. The number of hydrogen-bond acceptors (Lipinski definition) is 4. The summed E-state index contributed by atoms with van der Waals surface area (Å²) >= 11 is 8.66. The molecule has 7 heteroatoms. The van der Waals surface area contributed by atoms with Gasteiger partial charge in [-0.05, 0) is 36.5 Å². The number of rotatable bonds is 3. The Kier molecular flexibility index (Phi) is 4.54. The first-order chi connectivity index (χ1) is 10.1. The second-order valence-corrected chi connectivity index (χ2v) is 6.58. The van der Waals surface area contributed by atoms with Crippen molar-refractivity contribution in [1.29, 1.82) is 0 Å². The molecule has 0 bridgehead atoms. The Labute approximate surface area is 136 Å². The monoisotopic (exact) mass is 370 g/mol. The Bertz CT molecular complexity index is 660. The molecule has 1 aliphatic rings. The van der Waals surface area contributed by atoms with E-state index in [2.05, 4.69) is 21.0 Å². The SMILES string of the molecule is OC1CC[NH+](Cn2nc(-c3ccc(Br)cc3)oc2=S)CC1. The molecular weight excluding hydrogens is 354 g/mol. The van der Waals surface area contributed by atoms with E-state index in [1.165, 1.54) is 4.90 Å². The van der Waals surface area contributed by atoms with Crippen LogP contribution in [-0.2, 0) is 6.67 Å². The van der Waals surface area contributed by atoms with Crippen molar-refractivity contribution in [3.8, 4) is 11.5 Å². The number of halogens is 1. The zero-order valence-corrected chi connectivity index (χ0v) is 13.9. The first-order valence-electron chi connectivity index (χ1n) is 6.97. The number of nitrogens with zero attached hydrogens (tertiary/aromatic N) is 2. The predicted octanol–water partition coefficient (Wildman–Crippen LogP) is 1.63. The lowest BCUT2D eigenvalue weighted by molar-refractivity contribution is -0.929. The molecule has 0 amide bonds. The van der Waals surface area contributed by atoms with Gasteiger partial charge >= 0.3 is 0 Å². The van der Waals surface area contributed by atoms with Crippen molar-refractivity contribution in [1.82, 2.24) is 9.78 Å². The number of aromatic nitrogens is 2. The molecule has 0 saturated carbocycles. The largest absolute Gasteiger partial charge is 0.409 e. The van der Waals surface area contributed by atoms with Crippen molar-refractivity contribution < 1.29 is 14.4 Å². The molecular formula is C14H17BrN3O2S+. The zero-order chi connectivity index (χ0) is 14.8. The second-order valence-electron chi connectivity index (χ2n) is 5.32. The van der Waals surface area contributed by atoms with Gasteiger partial charge in [-0.1, -0.05) is 15.9 Å². The van der Waals surface area contributed by atoms with E-state index in [1.807, 2.05) is 24.3 Å². The maximum absolute atomic E-state index is 9.54. The van der Waals surface area contributed by atoms with Crippen LogP contribution in [0.5, 0.6) is 0 Å². The quantitative estimate of drug-likeness (QED) is 0.806. The summed E-state index contributed by atoms with van der Waals surface area (Å²) < 4.78 is 8.34. The Morgan fingerprint density at radius 1 is 1.33 bits per heavy atom. The predicted molar refractivity (Wildman–Crippen MR) is 84.4 cm³/mol. The molecule has 3 rings (SSSR count). The standard InChI is InChI=1S/C14H16BrN3O2S/c15-11-3-1-10(2-4-11)13-16-18(14(21)20-13)9-17-7-5-12(19)6-8-17/h1-4,12,19H,5-9H2/p+1. The molecule has 2 aromatic rings. The zero-order valence-electron chi connectivity index (χ0n) is 11.5. The molecule has 112 valence electrons. The molecule has 0 radical (unpaired) electrons. The van der Waals surface area contributed by atoms with Crippen LogP contribution in [0.25, 0.3) is 11.5 Å². The first kappa shape index (κ1) is 14.9. The smallest absolute Gasteiger partial charge is 0.292 e. The molecule has 0 unspecified atom stereocenters. The van der Waals surface area contributed by atoms with Gasteiger partial charge in [0.25, 0.3) is 4.84 Å². The summed E-state index contributed by atoms with van der Waals surface area (Å²) in [6.45, 7) is 2.55. The number of aliphatic hydroxyl groups excluding tert-OH is 1. The highest BCUT2D eigenvalue weighted by molar-refractivity contribution is 9.10. The summed E-state index contributed by atoms with van der Waals surface area (Å²) in [5.74, 6) is 0.545. The number of aliphatic hydroxyl groups is 1. The molecule has 0 aliphatic carbocycles. The Morgan fingerprint density at radius 2 is 2.00 bits per heavy atom. The molecule has 2 heterocycles. The fraction of sp³-hybridized carbons (Fsp3) is 0.429. The van der Waals surface area contributed by atoms with Crippen LogP contribution in [0.4, 0.5) is 0 Å². The summed E-state index contributed by atoms with van der Waals surface area (Å²) in [6.07, 6.45) is 1.51. The number of likely N-dealkylation sites (tertiary alicyclic amines) is 1. The molecule has 1 saturated heterocycles. The van der Waals surface area contributed by atoms with E-state index in [0.717, 1.165) is 36.0 Å². The number of nitrogens with one attached hydrogen (secondary N) is 1. The number of benzene rings is 1. The van der Waals surface area contributed by atoms with Gasteiger partial charge in [0.2, 0.25) is 5.89 Å². The average Bonchev–Trinajstić information content (AvgIpc) is 2.83. The van der Waals surface area contributed by atoms with Crippen LogP contribution in [0.15, 0.2) is 33.2 Å². The molecule has 0 spiro atoms. The van der Waals surface area contributed by atoms with Crippen LogP contribution in [0.1, 0.15) is 12.8 Å². The Morgan fingerprint density at radius 3 is 2.67 bits per heavy atom. The summed E-state index contributed by atoms with van der Waals surface area (Å²) in [7, 11) is 0. The van der Waals surface area contributed by atoms with Crippen molar-refractivity contribution in [2.75, 3.05) is 13.1 Å². The van der Waals surface area contributed by atoms with Gasteiger partial charge in [0.15, 0.2) is 6.67 Å². The van der Waals surface area contributed by atoms with Gasteiger partial charge < -0.3 is 14.4 Å². The molecule has 1 aliphatic heterocycles. The van der Waals surface area contributed by atoms with E-state index in [0.29, 0.717) is 17.4 Å². The Balaban J connectivity index is 1.75. The number of quaternary nitrogens is 1. The van der Waals surface area contributed by atoms with Crippen molar-refractivity contribution in [3.63, 3.8) is 0 Å². The van der Waals surface area contributed by atoms with Crippen molar-refractivity contribution >= 4 is 28.1 Å². The number of hydrogen-bond donors (Lipinski definition) is 2. The van der Waals surface area contributed by atoms with Crippen LogP contribution in [0, 0.1) is 4.84 Å². The van der Waals surface area contributed by atoms with Gasteiger partial charge in [0.05, 0.1) is 19.2 Å². The van der Waals surface area contributed by atoms with Gasteiger partial charge in [-0.15, -0.1) is 5.10 Å². The second kappa shape index (κ2) is 6.39. The number of piperidine rings is 1. The third kappa shape index (κ3) is 3.60. The summed E-state index contributed by atoms with van der Waals surface area (Å²) in [6, 6.07) is 7.78. The third-order valence-corrected chi connectivity index (χ3v) is 4.56. The molecule has 1 fully saturated rings. The van der Waals surface area contributed by atoms with Crippen LogP contribution >= 0.6 is 28.1 Å². The van der Waals surface area contributed by atoms with E-state index in [4.69, 9.17) is 16.6 Å². The fourth-order valence-electron chi connectivity index (χ4n) is 2.50. The fourth-order valence-corrected chi connectivity index (χ4v) is 2.94. The molecule has 2 N–H and O–H groups in total. The third-order valence-electron chi connectivity index (χ3n) is 3.73. The van der Waals surface area contributed by atoms with E-state index in [9.17, 15) is 5.11 Å². The van der Waals surface area contributed by atoms with Gasteiger partial charge in [0, 0.05) is 22.9 Å². The van der Waals surface area contributed by atoms with Gasteiger partial charge in [-0.3, -0.25) is 0 Å². The van der Waals surface area contributed by atoms with Crippen molar-refractivity contribution in [2.24, 2.45) is 0 Å². The summed E-state index contributed by atoms with van der Waals surface area (Å²) in [5, 5.41) is 14.0. The van der Waals surface area contributed by atoms with Gasteiger partial charge in [-0.2, -0.15) is 4.68 Å². The minimum atomic E-state index is -0.155. The lowest BCUT2D eigenvalue weighted by Crippen LogP contribution is -3.12. The highest BCUT2D eigenvalue weighted by Crippen LogP contribution is 2.20. The van der Waals surface area contributed by atoms with Crippen LogP contribution in [0.3, 0.4) is 0 Å². The van der Waals surface area contributed by atoms with Gasteiger partial charge in [0.1, 0.15) is 0 Å². The highest BCUT2D eigenvalue weighted by Gasteiger charge is 2.21. The van der Waals surface area contributed by atoms with Crippen LogP contribution in [-0.4, -0.2) is 34.1 Å². The van der Waals surface area contributed by atoms with E-state index >= 15 is 0 Å². The van der Waals surface area contributed by atoms with Crippen molar-refractivity contribution in [2.45, 2.75) is 25.6 Å². The normalized spacial score (nSPS) is 22.4. The summed E-state index contributed by atoms with van der Waals surface area (Å²) in [4.78, 5) is 1.76. The van der Waals surface area contributed by atoms with E-state index in [1.54, 1.807) is 4.68 Å². The molecule has 5 nitrogen and oxygen atoms in total. The summed E-state index contributed by atoms with van der Waals surface area (Å²) in [5.41, 5.74) is 0.909. The topological polar surface area (TPSA) is 55.6 Å². The molecule has 1 aromatic carbocycles. The maximum atomic E-state index is 9.54. The van der Waals surface area contributed by atoms with E-state index < -0.39 is 0 Å². The van der Waals surface area contributed by atoms with Crippen LogP contribution in [0.2, 0.25) is 0 Å².